The molecule has 1 aromatic carbocycles. The highest BCUT2D eigenvalue weighted by molar-refractivity contribution is 7.92. The fourth-order valence-electron chi connectivity index (χ4n) is 1.49. The van der Waals surface area contributed by atoms with E-state index in [2.05, 4.69) is 20.1 Å². The van der Waals surface area contributed by atoms with Crippen LogP contribution in [0.3, 0.4) is 0 Å². The van der Waals surface area contributed by atoms with E-state index in [1.165, 1.54) is 13.2 Å². The molecular weight excluding hydrogens is 318 g/mol. The minimum absolute atomic E-state index is 0.106. The van der Waals surface area contributed by atoms with Crippen molar-refractivity contribution in [2.24, 2.45) is 5.84 Å². The fraction of sp³-hybridized carbons (Fsp3) is 0.0909. The predicted octanol–water partition coefficient (Wildman–Crippen LogP) is 1.22. The summed E-state index contributed by atoms with van der Waals surface area (Å²) in [7, 11) is -2.45. The molecule has 21 heavy (non-hydrogen) atoms. The molecule has 0 radical (unpaired) electrons. The Hall–Kier alpha value is -2.10. The molecule has 112 valence electrons. The zero-order chi connectivity index (χ0) is 15.5. The highest BCUT2D eigenvalue weighted by atomic mass is 35.5. The lowest BCUT2D eigenvalue weighted by atomic mass is 10.3. The number of methoxy groups -OCH3 is 1. The number of benzene rings is 1. The molecular formula is C11H12ClN5O3S. The molecule has 1 heterocycles. The van der Waals surface area contributed by atoms with Crippen LogP contribution in [0.1, 0.15) is 0 Å². The molecule has 0 aliphatic heterocycles. The minimum atomic E-state index is -3.87. The van der Waals surface area contributed by atoms with Crippen molar-refractivity contribution >= 4 is 33.3 Å². The maximum absolute atomic E-state index is 12.2. The molecule has 4 N–H and O–H groups in total. The molecule has 2 rings (SSSR count). The second kappa shape index (κ2) is 6.12. The minimum Gasteiger partial charge on any atom is -0.495 e. The van der Waals surface area contributed by atoms with Gasteiger partial charge >= 0.3 is 0 Å². The van der Waals surface area contributed by atoms with Gasteiger partial charge in [0, 0.05) is 5.02 Å². The van der Waals surface area contributed by atoms with Gasteiger partial charge in [0.25, 0.3) is 10.0 Å². The van der Waals surface area contributed by atoms with Crippen LogP contribution in [0, 0.1) is 0 Å². The molecule has 0 fully saturated rings. The maximum Gasteiger partial charge on any atom is 0.265 e. The third kappa shape index (κ3) is 3.51. The van der Waals surface area contributed by atoms with E-state index in [1.807, 2.05) is 0 Å². The van der Waals surface area contributed by atoms with Crippen LogP contribution >= 0.6 is 11.6 Å². The van der Waals surface area contributed by atoms with E-state index in [0.717, 1.165) is 12.4 Å². The Kier molecular flexibility index (Phi) is 4.46. The van der Waals surface area contributed by atoms with Gasteiger partial charge in [0.2, 0.25) is 5.95 Å². The second-order valence-electron chi connectivity index (χ2n) is 3.84. The van der Waals surface area contributed by atoms with Crippen LogP contribution in [0.4, 0.5) is 11.6 Å². The van der Waals surface area contributed by atoms with Crippen molar-refractivity contribution in [1.82, 2.24) is 9.97 Å². The van der Waals surface area contributed by atoms with Crippen molar-refractivity contribution < 1.29 is 13.2 Å². The van der Waals surface area contributed by atoms with Gasteiger partial charge < -0.3 is 4.74 Å². The Morgan fingerprint density at radius 1 is 1.29 bits per heavy atom. The largest absolute Gasteiger partial charge is 0.495 e. The van der Waals surface area contributed by atoms with Crippen molar-refractivity contribution in [3.63, 3.8) is 0 Å². The first-order chi connectivity index (χ1) is 9.96. The second-order valence-corrected chi connectivity index (χ2v) is 5.96. The lowest BCUT2D eigenvalue weighted by Gasteiger charge is -2.12. The van der Waals surface area contributed by atoms with Gasteiger partial charge in [0.05, 0.1) is 25.2 Å². The number of hydrogen-bond acceptors (Lipinski definition) is 7. The van der Waals surface area contributed by atoms with E-state index in [4.69, 9.17) is 22.2 Å². The van der Waals surface area contributed by atoms with Crippen LogP contribution in [0.25, 0.3) is 0 Å². The van der Waals surface area contributed by atoms with Gasteiger partial charge in [-0.2, -0.15) is 0 Å². The molecule has 0 saturated carbocycles. The molecule has 0 spiro atoms. The van der Waals surface area contributed by atoms with Crippen LogP contribution in [-0.2, 0) is 10.0 Å². The van der Waals surface area contributed by atoms with Gasteiger partial charge in [-0.15, -0.1) is 0 Å². The number of nitrogen functional groups attached to an aromatic ring is 1. The van der Waals surface area contributed by atoms with E-state index in [9.17, 15) is 8.42 Å². The van der Waals surface area contributed by atoms with E-state index in [0.29, 0.717) is 10.8 Å². The molecule has 0 aliphatic rings. The van der Waals surface area contributed by atoms with E-state index in [-0.39, 0.29) is 16.5 Å². The van der Waals surface area contributed by atoms with E-state index in [1.54, 1.807) is 12.1 Å². The number of nitrogens with two attached hydrogens (primary N) is 1. The quantitative estimate of drug-likeness (QED) is 0.557. The van der Waals surface area contributed by atoms with Gasteiger partial charge in [0.1, 0.15) is 10.6 Å². The molecule has 0 unspecified atom stereocenters. The Morgan fingerprint density at radius 3 is 2.52 bits per heavy atom. The van der Waals surface area contributed by atoms with Crippen LogP contribution in [0.2, 0.25) is 5.02 Å². The normalized spacial score (nSPS) is 11.0. The van der Waals surface area contributed by atoms with Gasteiger partial charge in [-0.1, -0.05) is 11.6 Å². The van der Waals surface area contributed by atoms with Crippen LogP contribution < -0.4 is 20.7 Å². The van der Waals surface area contributed by atoms with Crippen molar-refractivity contribution in [2.75, 3.05) is 17.3 Å². The first-order valence-corrected chi connectivity index (χ1v) is 7.47. The molecule has 0 atom stereocenters. The first kappa shape index (κ1) is 15.3. The Morgan fingerprint density at radius 2 is 1.95 bits per heavy atom. The molecule has 10 heteroatoms. The summed E-state index contributed by atoms with van der Waals surface area (Å²) in [6.45, 7) is 0. The van der Waals surface area contributed by atoms with Crippen LogP contribution in [0.5, 0.6) is 5.75 Å². The fourth-order valence-corrected chi connectivity index (χ4v) is 2.62. The van der Waals surface area contributed by atoms with Gasteiger partial charge in [-0.3, -0.25) is 10.1 Å². The summed E-state index contributed by atoms with van der Waals surface area (Å²) in [6, 6.07) is 4.58. The zero-order valence-corrected chi connectivity index (χ0v) is 12.4. The molecule has 0 amide bonds. The Bertz CT molecular complexity index is 736. The maximum atomic E-state index is 12.2. The van der Waals surface area contributed by atoms with Crippen LogP contribution in [0.15, 0.2) is 35.5 Å². The lowest BCUT2D eigenvalue weighted by molar-refractivity contribution is 0.417. The SMILES string of the molecule is COc1ccc(Cl)cc1NS(=O)(=O)c1cnc(NN)nc1. The molecule has 8 nitrogen and oxygen atoms in total. The summed E-state index contributed by atoms with van der Waals surface area (Å²) in [5.74, 6) is 5.56. The smallest absolute Gasteiger partial charge is 0.265 e. The highest BCUT2D eigenvalue weighted by Crippen LogP contribution is 2.29. The Balaban J connectivity index is 2.34. The highest BCUT2D eigenvalue weighted by Gasteiger charge is 2.18. The third-order valence-electron chi connectivity index (χ3n) is 2.47. The number of nitrogens with one attached hydrogen (secondary N) is 2. The number of nitrogens with zero attached hydrogens (tertiary/aromatic N) is 2. The molecule has 0 saturated heterocycles. The van der Waals surface area contributed by atoms with Crippen molar-refractivity contribution in [3.05, 3.63) is 35.6 Å². The number of sulfonamides is 1. The van der Waals surface area contributed by atoms with Gasteiger partial charge in [-0.25, -0.2) is 24.2 Å². The summed E-state index contributed by atoms with van der Waals surface area (Å²) in [4.78, 5) is 7.36. The zero-order valence-electron chi connectivity index (χ0n) is 10.9. The number of anilines is 2. The Labute approximate surface area is 126 Å². The first-order valence-electron chi connectivity index (χ1n) is 5.61. The monoisotopic (exact) mass is 329 g/mol. The number of hydrazine groups is 1. The number of ether oxygens (including phenoxy) is 1. The third-order valence-corrected chi connectivity index (χ3v) is 4.03. The summed E-state index contributed by atoms with van der Waals surface area (Å²) in [5, 5.41) is 0.368. The predicted molar refractivity (Wildman–Crippen MR) is 78.7 cm³/mol. The van der Waals surface area contributed by atoms with E-state index < -0.39 is 10.0 Å². The van der Waals surface area contributed by atoms with Crippen LogP contribution in [-0.4, -0.2) is 25.5 Å². The average Bonchev–Trinajstić information content (AvgIpc) is 2.47. The average molecular weight is 330 g/mol. The molecule has 2 aromatic rings. The number of aromatic nitrogens is 2. The molecule has 1 aromatic heterocycles. The van der Waals surface area contributed by atoms with Gasteiger partial charge in [-0.05, 0) is 18.2 Å². The number of hydrogen-bond donors (Lipinski definition) is 3. The molecule has 0 aliphatic carbocycles. The summed E-state index contributed by atoms with van der Waals surface area (Å²) >= 11 is 5.85. The molecule has 0 bridgehead atoms. The summed E-state index contributed by atoms with van der Waals surface area (Å²) in [6.07, 6.45) is 2.25. The summed E-state index contributed by atoms with van der Waals surface area (Å²) in [5.41, 5.74) is 2.42. The number of rotatable bonds is 5. The topological polar surface area (TPSA) is 119 Å². The summed E-state index contributed by atoms with van der Waals surface area (Å²) < 4.78 is 31.9. The van der Waals surface area contributed by atoms with Crippen molar-refractivity contribution in [1.29, 1.82) is 0 Å². The lowest BCUT2D eigenvalue weighted by Crippen LogP contribution is -2.16. The van der Waals surface area contributed by atoms with Gasteiger partial charge in [0.15, 0.2) is 0 Å². The van der Waals surface area contributed by atoms with Crippen molar-refractivity contribution in [3.8, 4) is 5.75 Å². The van der Waals surface area contributed by atoms with Crippen molar-refractivity contribution in [2.45, 2.75) is 4.90 Å². The standard InChI is InChI=1S/C11H12ClN5O3S/c1-20-10-3-2-7(12)4-9(10)17-21(18,19)8-5-14-11(16-13)15-6-8/h2-6,17H,13H2,1H3,(H,14,15,16). The number of halogens is 1. The van der Waals surface area contributed by atoms with E-state index >= 15 is 0 Å².